The summed E-state index contributed by atoms with van der Waals surface area (Å²) in [6.45, 7) is 4.06. The lowest BCUT2D eigenvalue weighted by Gasteiger charge is -2.21. The van der Waals surface area contributed by atoms with Crippen molar-refractivity contribution in [2.75, 3.05) is 18.5 Å². The van der Waals surface area contributed by atoms with Crippen LogP contribution >= 0.6 is 24.0 Å². The molecule has 7 nitrogen and oxygen atoms in total. The number of rotatable bonds is 6. The minimum Gasteiger partial charge on any atom is -0.395 e. The van der Waals surface area contributed by atoms with E-state index < -0.39 is 0 Å². The summed E-state index contributed by atoms with van der Waals surface area (Å²) in [6.07, 6.45) is 3.95. The number of aromatic nitrogens is 2. The third-order valence-corrected chi connectivity index (χ3v) is 5.63. The Morgan fingerprint density at radius 3 is 2.89 bits per heavy atom. The molecule has 3 rings (SSSR count). The van der Waals surface area contributed by atoms with Crippen LogP contribution in [-0.4, -0.2) is 48.8 Å². The highest BCUT2D eigenvalue weighted by Gasteiger charge is 2.35. The van der Waals surface area contributed by atoms with Gasteiger partial charge in [0.15, 0.2) is 0 Å². The molecule has 0 saturated carbocycles. The largest absolute Gasteiger partial charge is 0.395 e. The Hall–Kier alpha value is -2.23. The number of amides is 1. The second-order valence-corrected chi connectivity index (χ2v) is 7.74. The van der Waals surface area contributed by atoms with Crippen molar-refractivity contribution >= 4 is 51.7 Å². The van der Waals surface area contributed by atoms with Gasteiger partial charge in [0.1, 0.15) is 15.8 Å². The zero-order valence-corrected chi connectivity index (χ0v) is 16.6. The Balaban J connectivity index is 2.11. The quantitative estimate of drug-likeness (QED) is 0.563. The number of carbonyl (C=O) groups excluding carboxylic acids is 1. The van der Waals surface area contributed by atoms with Crippen LogP contribution in [0.15, 0.2) is 34.1 Å². The highest BCUT2D eigenvalue weighted by molar-refractivity contribution is 8.26. The molecule has 27 heavy (non-hydrogen) atoms. The number of anilines is 1. The smallest absolute Gasteiger partial charge is 0.267 e. The molecule has 0 spiro atoms. The van der Waals surface area contributed by atoms with Crippen molar-refractivity contribution in [2.24, 2.45) is 0 Å². The maximum atomic E-state index is 13.0. The monoisotopic (exact) mass is 404 g/mol. The van der Waals surface area contributed by atoms with Gasteiger partial charge in [0.2, 0.25) is 0 Å². The van der Waals surface area contributed by atoms with Crippen molar-refractivity contribution in [3.63, 3.8) is 0 Å². The summed E-state index contributed by atoms with van der Waals surface area (Å²) in [4.78, 5) is 32.2. The molecule has 142 valence electrons. The van der Waals surface area contributed by atoms with Crippen molar-refractivity contribution < 1.29 is 9.90 Å². The van der Waals surface area contributed by atoms with E-state index in [1.165, 1.54) is 22.2 Å². The molecule has 0 aliphatic carbocycles. The highest BCUT2D eigenvalue weighted by Crippen LogP contribution is 2.34. The number of aliphatic hydroxyl groups is 1. The van der Waals surface area contributed by atoms with E-state index in [1.807, 2.05) is 13.8 Å². The lowest BCUT2D eigenvalue weighted by molar-refractivity contribution is -0.123. The molecule has 1 amide bonds. The minimum atomic E-state index is -0.296. The van der Waals surface area contributed by atoms with Crippen LogP contribution < -0.4 is 10.9 Å². The van der Waals surface area contributed by atoms with Crippen LogP contribution in [0.3, 0.4) is 0 Å². The molecular weight excluding hydrogens is 384 g/mol. The van der Waals surface area contributed by atoms with Gasteiger partial charge in [-0.25, -0.2) is 4.98 Å². The number of carbonyl (C=O) groups is 1. The molecule has 0 bridgehead atoms. The number of nitrogens with zero attached hydrogens (tertiary/aromatic N) is 3. The Kier molecular flexibility index (Phi) is 5.93. The molecule has 1 aliphatic heterocycles. The number of thioether (sulfide) groups is 1. The Bertz CT molecular complexity index is 986. The fourth-order valence-electron chi connectivity index (χ4n) is 2.72. The summed E-state index contributed by atoms with van der Waals surface area (Å²) >= 11 is 6.53. The van der Waals surface area contributed by atoms with Crippen LogP contribution in [0.1, 0.15) is 25.8 Å². The first kappa shape index (κ1) is 19.5. The molecule has 9 heteroatoms. The van der Waals surface area contributed by atoms with E-state index in [1.54, 1.807) is 29.3 Å². The third kappa shape index (κ3) is 3.76. The van der Waals surface area contributed by atoms with Gasteiger partial charge < -0.3 is 10.4 Å². The molecule has 1 atom stereocenters. The van der Waals surface area contributed by atoms with Crippen LogP contribution in [-0.2, 0) is 4.79 Å². The first-order valence-corrected chi connectivity index (χ1v) is 9.83. The molecule has 3 heterocycles. The molecule has 2 N–H and O–H groups in total. The molecule has 1 fully saturated rings. The topological polar surface area (TPSA) is 86.9 Å². The first-order valence-electron chi connectivity index (χ1n) is 8.61. The van der Waals surface area contributed by atoms with Crippen molar-refractivity contribution in [1.82, 2.24) is 14.3 Å². The lowest BCUT2D eigenvalue weighted by atomic mass is 10.2. The number of thiocarbonyl (C=S) groups is 1. The van der Waals surface area contributed by atoms with E-state index in [0.717, 1.165) is 6.42 Å². The van der Waals surface area contributed by atoms with Gasteiger partial charge in [-0.2, -0.15) is 0 Å². The minimum absolute atomic E-state index is 0.00814. The van der Waals surface area contributed by atoms with Crippen molar-refractivity contribution in [3.05, 3.63) is 45.2 Å². The van der Waals surface area contributed by atoms with E-state index in [9.17, 15) is 9.59 Å². The molecule has 0 aromatic carbocycles. The zero-order valence-electron chi connectivity index (χ0n) is 15.0. The fraction of sp³-hybridized carbons (Fsp3) is 0.333. The first-order chi connectivity index (χ1) is 13.0. The molecule has 1 saturated heterocycles. The Labute approximate surface area is 166 Å². The number of hydrogen-bond donors (Lipinski definition) is 2. The maximum Gasteiger partial charge on any atom is 0.267 e. The summed E-state index contributed by atoms with van der Waals surface area (Å²) in [7, 11) is 0. The molecule has 2 aromatic rings. The van der Waals surface area contributed by atoms with Gasteiger partial charge in [0, 0.05) is 18.8 Å². The fourth-order valence-corrected chi connectivity index (χ4v) is 4.16. The number of nitrogens with one attached hydrogen (secondary N) is 1. The van der Waals surface area contributed by atoms with Crippen LogP contribution in [0.25, 0.3) is 11.7 Å². The highest BCUT2D eigenvalue weighted by atomic mass is 32.2. The van der Waals surface area contributed by atoms with E-state index in [-0.39, 0.29) is 36.2 Å². The summed E-state index contributed by atoms with van der Waals surface area (Å²) < 4.78 is 1.91. The average Bonchev–Trinajstić information content (AvgIpc) is 2.95. The number of pyridine rings is 1. The zero-order chi connectivity index (χ0) is 19.6. The third-order valence-electron chi connectivity index (χ3n) is 4.30. The average molecular weight is 405 g/mol. The van der Waals surface area contributed by atoms with Gasteiger partial charge in [-0.3, -0.25) is 18.9 Å². The van der Waals surface area contributed by atoms with E-state index in [0.29, 0.717) is 20.7 Å². The number of fused-ring (bicyclic) bond motifs is 1. The summed E-state index contributed by atoms with van der Waals surface area (Å²) in [5, 5.41) is 12.1. The van der Waals surface area contributed by atoms with Gasteiger partial charge in [0.05, 0.1) is 17.1 Å². The molecular formula is C18H20N4O3S2. The van der Waals surface area contributed by atoms with Crippen LogP contribution in [0.2, 0.25) is 0 Å². The standard InChI is InChI=1S/C18H20N4O3S2/c1-3-11(2)22-17(25)13(27-18(22)26)10-12-15(19-7-9-23)20-14-6-4-5-8-21(14)16(12)24/h4-6,8,10-11,19,23H,3,7,9H2,1-2H3. The molecule has 1 unspecified atom stereocenters. The molecule has 1 aliphatic rings. The lowest BCUT2D eigenvalue weighted by Crippen LogP contribution is -2.36. The van der Waals surface area contributed by atoms with Crippen LogP contribution in [0, 0.1) is 0 Å². The maximum absolute atomic E-state index is 13.0. The Morgan fingerprint density at radius 1 is 1.41 bits per heavy atom. The van der Waals surface area contributed by atoms with Crippen molar-refractivity contribution in [3.8, 4) is 0 Å². The second kappa shape index (κ2) is 8.20. The number of aliphatic hydroxyl groups excluding tert-OH is 1. The van der Waals surface area contributed by atoms with E-state index >= 15 is 0 Å². The van der Waals surface area contributed by atoms with Crippen molar-refractivity contribution in [1.29, 1.82) is 0 Å². The van der Waals surface area contributed by atoms with Gasteiger partial charge in [-0.1, -0.05) is 37.0 Å². The SMILES string of the molecule is CCC(C)N1C(=O)C(=Cc2c(NCCO)nc3ccccn3c2=O)SC1=S. The predicted octanol–water partition coefficient (Wildman–Crippen LogP) is 2.10. The van der Waals surface area contributed by atoms with E-state index in [2.05, 4.69) is 10.3 Å². The van der Waals surface area contributed by atoms with E-state index in [4.69, 9.17) is 17.3 Å². The Morgan fingerprint density at radius 2 is 2.19 bits per heavy atom. The number of hydrogen-bond acceptors (Lipinski definition) is 7. The van der Waals surface area contributed by atoms with Crippen LogP contribution in [0.5, 0.6) is 0 Å². The summed E-state index contributed by atoms with van der Waals surface area (Å²) in [6, 6.07) is 5.24. The summed E-state index contributed by atoms with van der Waals surface area (Å²) in [5.74, 6) is 0.124. The van der Waals surface area contributed by atoms with Gasteiger partial charge >= 0.3 is 0 Å². The second-order valence-electron chi connectivity index (χ2n) is 6.07. The van der Waals surface area contributed by atoms with Gasteiger partial charge in [-0.15, -0.1) is 0 Å². The molecule has 2 aromatic heterocycles. The summed E-state index contributed by atoms with van der Waals surface area (Å²) in [5.41, 5.74) is 0.443. The van der Waals surface area contributed by atoms with Gasteiger partial charge in [-0.05, 0) is 31.6 Å². The molecule has 0 radical (unpaired) electrons. The van der Waals surface area contributed by atoms with Crippen LogP contribution in [0.4, 0.5) is 5.82 Å². The normalized spacial score (nSPS) is 17.1. The van der Waals surface area contributed by atoms with Gasteiger partial charge in [0.25, 0.3) is 11.5 Å². The van der Waals surface area contributed by atoms with Crippen molar-refractivity contribution in [2.45, 2.75) is 26.3 Å². The predicted molar refractivity (Wildman–Crippen MR) is 112 cm³/mol.